The summed E-state index contributed by atoms with van der Waals surface area (Å²) in [5.41, 5.74) is 1.11. The van der Waals surface area contributed by atoms with Crippen LogP contribution in [0.4, 0.5) is 5.82 Å². The molecular weight excluding hydrogens is 304 g/mol. The molecule has 3 aromatic rings. The van der Waals surface area contributed by atoms with E-state index in [9.17, 15) is 8.42 Å². The van der Waals surface area contributed by atoms with E-state index in [4.69, 9.17) is 4.52 Å². The Bertz CT molecular complexity index is 897. The van der Waals surface area contributed by atoms with Crippen LogP contribution in [0.2, 0.25) is 0 Å². The van der Waals surface area contributed by atoms with Crippen molar-refractivity contribution in [3.8, 4) is 11.3 Å². The van der Waals surface area contributed by atoms with Crippen molar-refractivity contribution in [3.05, 3.63) is 48.4 Å². The molecular formula is C14H14N4O3S. The molecule has 0 atom stereocenters. The minimum atomic E-state index is -3.81. The zero-order valence-electron chi connectivity index (χ0n) is 12.0. The van der Waals surface area contributed by atoms with Gasteiger partial charge in [0.1, 0.15) is 16.3 Å². The summed E-state index contributed by atoms with van der Waals surface area (Å²) in [5.74, 6) is 0.660. The Balaban J connectivity index is 2.04. The summed E-state index contributed by atoms with van der Waals surface area (Å²) in [4.78, 5) is 0.0850. The number of sulfonamides is 1. The number of aryl methyl sites for hydroxylation is 2. The highest BCUT2D eigenvalue weighted by atomic mass is 32.2. The highest BCUT2D eigenvalue weighted by Crippen LogP contribution is 2.27. The predicted octanol–water partition coefficient (Wildman–Crippen LogP) is 2.18. The Morgan fingerprint density at radius 1 is 1.23 bits per heavy atom. The average Bonchev–Trinajstić information content (AvgIpc) is 3.06. The molecule has 0 aliphatic rings. The number of nitrogens with one attached hydrogen (secondary N) is 1. The molecule has 2 aromatic heterocycles. The monoisotopic (exact) mass is 318 g/mol. The molecule has 0 unspecified atom stereocenters. The smallest absolute Gasteiger partial charge is 0.266 e. The average molecular weight is 318 g/mol. The third kappa shape index (κ3) is 2.73. The summed E-state index contributed by atoms with van der Waals surface area (Å²) >= 11 is 0. The Morgan fingerprint density at radius 2 is 1.95 bits per heavy atom. The quantitative estimate of drug-likeness (QED) is 0.796. The van der Waals surface area contributed by atoms with Crippen LogP contribution >= 0.6 is 0 Å². The van der Waals surface area contributed by atoms with Crippen LogP contribution in [-0.4, -0.2) is 23.4 Å². The minimum Gasteiger partial charge on any atom is -0.360 e. The van der Waals surface area contributed by atoms with E-state index in [1.54, 1.807) is 14.0 Å². The summed E-state index contributed by atoms with van der Waals surface area (Å²) in [6.45, 7) is 1.68. The van der Waals surface area contributed by atoms with Crippen LogP contribution in [0.25, 0.3) is 11.3 Å². The zero-order valence-corrected chi connectivity index (χ0v) is 12.8. The first-order valence-corrected chi connectivity index (χ1v) is 7.99. The number of aromatic nitrogens is 3. The van der Waals surface area contributed by atoms with E-state index in [0.29, 0.717) is 11.5 Å². The van der Waals surface area contributed by atoms with Crippen LogP contribution in [0.15, 0.2) is 52.0 Å². The minimum absolute atomic E-state index is 0.0850. The van der Waals surface area contributed by atoms with Crippen molar-refractivity contribution in [1.82, 2.24) is 14.9 Å². The van der Waals surface area contributed by atoms with E-state index in [-0.39, 0.29) is 10.7 Å². The van der Waals surface area contributed by atoms with Crippen LogP contribution in [0.5, 0.6) is 0 Å². The maximum atomic E-state index is 12.6. The van der Waals surface area contributed by atoms with Gasteiger partial charge >= 0.3 is 0 Å². The van der Waals surface area contributed by atoms with Crippen LogP contribution in [0.3, 0.4) is 0 Å². The van der Waals surface area contributed by atoms with Gasteiger partial charge in [-0.2, -0.15) is 5.10 Å². The molecule has 0 aliphatic carbocycles. The lowest BCUT2D eigenvalue weighted by molar-refractivity contribution is 0.400. The molecule has 0 aliphatic heterocycles. The highest BCUT2D eigenvalue weighted by molar-refractivity contribution is 7.92. The van der Waals surface area contributed by atoms with Gasteiger partial charge in [-0.3, -0.25) is 9.40 Å². The van der Waals surface area contributed by atoms with Gasteiger partial charge in [0.15, 0.2) is 5.82 Å². The first-order valence-electron chi connectivity index (χ1n) is 6.51. The maximum Gasteiger partial charge on any atom is 0.266 e. The van der Waals surface area contributed by atoms with E-state index >= 15 is 0 Å². The van der Waals surface area contributed by atoms with Crippen LogP contribution in [0, 0.1) is 6.92 Å². The predicted molar refractivity (Wildman–Crippen MR) is 80.7 cm³/mol. The summed E-state index contributed by atoms with van der Waals surface area (Å²) in [6, 6.07) is 10.6. The molecule has 0 saturated carbocycles. The number of nitrogens with zero attached hydrogens (tertiary/aromatic N) is 3. The lowest BCUT2D eigenvalue weighted by atomic mass is 10.2. The number of anilines is 1. The van der Waals surface area contributed by atoms with Crippen LogP contribution in [0.1, 0.15) is 5.76 Å². The highest BCUT2D eigenvalue weighted by Gasteiger charge is 2.24. The fourth-order valence-corrected chi connectivity index (χ4v) is 3.25. The van der Waals surface area contributed by atoms with Gasteiger partial charge < -0.3 is 4.52 Å². The molecule has 1 aromatic carbocycles. The molecule has 114 valence electrons. The van der Waals surface area contributed by atoms with Gasteiger partial charge in [-0.05, 0) is 6.92 Å². The first-order chi connectivity index (χ1) is 10.5. The Kier molecular flexibility index (Phi) is 3.45. The van der Waals surface area contributed by atoms with Gasteiger partial charge in [0.2, 0.25) is 0 Å². The van der Waals surface area contributed by atoms with Gasteiger partial charge in [-0.25, -0.2) is 8.42 Å². The molecule has 0 spiro atoms. The second-order valence-corrected chi connectivity index (χ2v) is 6.46. The van der Waals surface area contributed by atoms with E-state index in [1.165, 1.54) is 16.9 Å². The molecule has 3 rings (SSSR count). The fraction of sp³-hybridized carbons (Fsp3) is 0.143. The third-order valence-electron chi connectivity index (χ3n) is 3.00. The van der Waals surface area contributed by atoms with Crippen molar-refractivity contribution < 1.29 is 12.9 Å². The van der Waals surface area contributed by atoms with Crippen molar-refractivity contribution >= 4 is 15.8 Å². The SMILES string of the molecule is Cc1cc(NS(=O)(=O)c2cn(C)nc2-c2ccccc2)no1. The van der Waals surface area contributed by atoms with Gasteiger partial charge in [-0.1, -0.05) is 35.5 Å². The Morgan fingerprint density at radius 3 is 2.59 bits per heavy atom. The van der Waals surface area contributed by atoms with Crippen molar-refractivity contribution in [2.75, 3.05) is 4.72 Å². The van der Waals surface area contributed by atoms with Crippen molar-refractivity contribution in [3.63, 3.8) is 0 Å². The molecule has 0 amide bonds. The Hall–Kier alpha value is -2.61. The lowest BCUT2D eigenvalue weighted by Gasteiger charge is -2.05. The summed E-state index contributed by atoms with van der Waals surface area (Å²) in [6.07, 6.45) is 1.46. The van der Waals surface area contributed by atoms with Crippen molar-refractivity contribution in [2.45, 2.75) is 11.8 Å². The van der Waals surface area contributed by atoms with Crippen LogP contribution in [-0.2, 0) is 17.1 Å². The van der Waals surface area contributed by atoms with E-state index < -0.39 is 10.0 Å². The zero-order chi connectivity index (χ0) is 15.7. The lowest BCUT2D eigenvalue weighted by Crippen LogP contribution is -2.13. The van der Waals surface area contributed by atoms with E-state index in [2.05, 4.69) is 15.0 Å². The molecule has 22 heavy (non-hydrogen) atoms. The summed E-state index contributed by atoms with van der Waals surface area (Å²) in [7, 11) is -2.14. The maximum absolute atomic E-state index is 12.6. The van der Waals surface area contributed by atoms with Gasteiger partial charge in [-0.15, -0.1) is 0 Å². The fourth-order valence-electron chi connectivity index (χ4n) is 2.07. The molecule has 0 fully saturated rings. The second kappa shape index (κ2) is 5.30. The number of hydrogen-bond acceptors (Lipinski definition) is 5. The van der Waals surface area contributed by atoms with Crippen LogP contribution < -0.4 is 4.72 Å². The van der Waals surface area contributed by atoms with E-state index in [0.717, 1.165) is 5.56 Å². The molecule has 0 saturated heterocycles. The molecule has 0 radical (unpaired) electrons. The topological polar surface area (TPSA) is 90.0 Å². The standard InChI is InChI=1S/C14H14N4O3S/c1-10-8-13(16-21-10)17-22(19,20)12-9-18(2)15-14(12)11-6-4-3-5-7-11/h3-9H,1-2H3,(H,16,17). The Labute approximate surface area is 127 Å². The van der Waals surface area contributed by atoms with Gasteiger partial charge in [0.05, 0.1) is 0 Å². The van der Waals surface area contributed by atoms with Gasteiger partial charge in [0, 0.05) is 24.9 Å². The third-order valence-corrected chi connectivity index (χ3v) is 4.35. The molecule has 0 bridgehead atoms. The molecule has 2 heterocycles. The van der Waals surface area contributed by atoms with Crippen molar-refractivity contribution in [2.24, 2.45) is 7.05 Å². The number of benzene rings is 1. The number of rotatable bonds is 4. The largest absolute Gasteiger partial charge is 0.360 e. The first kappa shape index (κ1) is 14.3. The number of hydrogen-bond donors (Lipinski definition) is 1. The van der Waals surface area contributed by atoms with Gasteiger partial charge in [0.25, 0.3) is 10.0 Å². The summed E-state index contributed by atoms with van der Waals surface area (Å²) < 4.78 is 33.9. The van der Waals surface area contributed by atoms with E-state index in [1.807, 2.05) is 30.3 Å². The summed E-state index contributed by atoms with van der Waals surface area (Å²) in [5, 5.41) is 7.89. The normalized spacial score (nSPS) is 11.5. The second-order valence-electron chi connectivity index (χ2n) is 4.81. The molecule has 1 N–H and O–H groups in total. The molecule has 7 nitrogen and oxygen atoms in total. The van der Waals surface area contributed by atoms with Crippen molar-refractivity contribution in [1.29, 1.82) is 0 Å². The molecule has 8 heteroatoms.